The van der Waals surface area contributed by atoms with Crippen molar-refractivity contribution in [2.45, 2.75) is 72.0 Å². The van der Waals surface area contributed by atoms with E-state index in [1.54, 1.807) is 0 Å². The van der Waals surface area contributed by atoms with Crippen molar-refractivity contribution in [2.24, 2.45) is 0 Å². The summed E-state index contributed by atoms with van der Waals surface area (Å²) in [5.74, 6) is 0. The Morgan fingerprint density at radius 3 is 2.43 bits per heavy atom. The van der Waals surface area contributed by atoms with E-state index in [0.29, 0.717) is 11.6 Å². The van der Waals surface area contributed by atoms with Crippen molar-refractivity contribution in [1.82, 2.24) is 10.2 Å². The van der Waals surface area contributed by atoms with Crippen molar-refractivity contribution in [3.05, 3.63) is 34.9 Å². The maximum Gasteiger partial charge on any atom is 0.0333 e. The van der Waals surface area contributed by atoms with Gasteiger partial charge in [0, 0.05) is 31.2 Å². The highest BCUT2D eigenvalue weighted by Gasteiger charge is 2.38. The molecule has 2 rings (SSSR count). The van der Waals surface area contributed by atoms with Crippen LogP contribution in [0.3, 0.4) is 0 Å². The van der Waals surface area contributed by atoms with E-state index in [-0.39, 0.29) is 0 Å². The fraction of sp³-hybridized carbons (Fsp3) is 0.684. The summed E-state index contributed by atoms with van der Waals surface area (Å²) in [5, 5.41) is 3.76. The summed E-state index contributed by atoms with van der Waals surface area (Å²) in [5.41, 5.74) is 4.59. The maximum absolute atomic E-state index is 3.76. The predicted molar refractivity (Wildman–Crippen MR) is 91.7 cm³/mol. The minimum absolute atomic E-state index is 0.324. The van der Waals surface area contributed by atoms with Gasteiger partial charge >= 0.3 is 0 Å². The number of benzene rings is 1. The molecule has 118 valence electrons. The molecule has 1 atom stereocenters. The van der Waals surface area contributed by atoms with Crippen LogP contribution >= 0.6 is 0 Å². The van der Waals surface area contributed by atoms with Gasteiger partial charge in [0.1, 0.15) is 0 Å². The molecule has 0 spiro atoms. The molecule has 1 saturated heterocycles. The molecule has 1 aliphatic heterocycles. The van der Waals surface area contributed by atoms with Crippen LogP contribution in [0.2, 0.25) is 0 Å². The Morgan fingerprint density at radius 1 is 1.14 bits per heavy atom. The lowest BCUT2D eigenvalue weighted by Crippen LogP contribution is -2.63. The number of aryl methyl sites for hydroxylation is 2. The molecule has 0 radical (unpaired) electrons. The smallest absolute Gasteiger partial charge is 0.0333 e. The molecule has 1 fully saturated rings. The van der Waals surface area contributed by atoms with Gasteiger partial charge in [-0.2, -0.15) is 0 Å². The average Bonchev–Trinajstić information content (AvgIpc) is 2.51. The molecule has 0 saturated carbocycles. The first-order chi connectivity index (χ1) is 10.0. The van der Waals surface area contributed by atoms with Crippen LogP contribution in [-0.2, 0) is 6.54 Å². The quantitative estimate of drug-likeness (QED) is 0.879. The van der Waals surface area contributed by atoms with Gasteiger partial charge in [0.25, 0.3) is 0 Å². The summed E-state index contributed by atoms with van der Waals surface area (Å²) in [6, 6.07) is 7.59. The molecule has 1 aliphatic rings. The van der Waals surface area contributed by atoms with Crippen molar-refractivity contribution < 1.29 is 0 Å². The highest BCUT2D eigenvalue weighted by Crippen LogP contribution is 2.29. The second-order valence-corrected chi connectivity index (χ2v) is 6.72. The van der Waals surface area contributed by atoms with Crippen LogP contribution in [0, 0.1) is 13.8 Å². The standard InChI is InChI=1S/C19H32N2/c1-6-18-13-21(19(7-2,8-3)14-20-18)12-17-10-9-15(4)16(5)11-17/h9-11,18,20H,6-8,12-14H2,1-5H3. The van der Waals surface area contributed by atoms with E-state index in [1.165, 1.54) is 42.5 Å². The summed E-state index contributed by atoms with van der Waals surface area (Å²) < 4.78 is 0. The SMILES string of the molecule is CCC1CN(Cc2ccc(C)c(C)c2)C(CC)(CC)CN1. The molecular formula is C19H32N2. The van der Waals surface area contributed by atoms with Crippen LogP contribution in [0.4, 0.5) is 0 Å². The molecule has 0 bridgehead atoms. The van der Waals surface area contributed by atoms with Gasteiger partial charge in [-0.05, 0) is 49.8 Å². The van der Waals surface area contributed by atoms with E-state index in [2.05, 4.69) is 63.0 Å². The Morgan fingerprint density at radius 2 is 1.86 bits per heavy atom. The van der Waals surface area contributed by atoms with Crippen molar-refractivity contribution in [1.29, 1.82) is 0 Å². The molecule has 1 heterocycles. The minimum Gasteiger partial charge on any atom is -0.311 e. The number of nitrogens with one attached hydrogen (secondary N) is 1. The number of nitrogens with zero attached hydrogens (tertiary/aromatic N) is 1. The van der Waals surface area contributed by atoms with E-state index in [4.69, 9.17) is 0 Å². The number of hydrogen-bond acceptors (Lipinski definition) is 2. The van der Waals surface area contributed by atoms with Gasteiger partial charge in [-0.15, -0.1) is 0 Å². The van der Waals surface area contributed by atoms with Crippen molar-refractivity contribution in [3.63, 3.8) is 0 Å². The van der Waals surface area contributed by atoms with Gasteiger partial charge in [0.05, 0.1) is 0 Å². The van der Waals surface area contributed by atoms with E-state index in [1.807, 2.05) is 0 Å². The first kappa shape index (κ1) is 16.5. The summed E-state index contributed by atoms with van der Waals surface area (Å²) in [6.07, 6.45) is 3.66. The van der Waals surface area contributed by atoms with Crippen LogP contribution in [0.15, 0.2) is 18.2 Å². The molecule has 0 amide bonds. The zero-order valence-corrected chi connectivity index (χ0v) is 14.5. The molecule has 1 unspecified atom stereocenters. The normalized spacial score (nSPS) is 22.4. The van der Waals surface area contributed by atoms with E-state index in [0.717, 1.165) is 13.1 Å². The molecule has 2 nitrogen and oxygen atoms in total. The highest BCUT2D eigenvalue weighted by molar-refractivity contribution is 5.30. The van der Waals surface area contributed by atoms with Crippen LogP contribution in [-0.4, -0.2) is 29.6 Å². The lowest BCUT2D eigenvalue weighted by Gasteiger charge is -2.49. The molecule has 0 aromatic heterocycles. The number of piperazine rings is 1. The second-order valence-electron chi connectivity index (χ2n) is 6.72. The Balaban J connectivity index is 2.21. The zero-order valence-electron chi connectivity index (χ0n) is 14.5. The lowest BCUT2D eigenvalue weighted by atomic mass is 9.86. The van der Waals surface area contributed by atoms with Gasteiger partial charge in [-0.1, -0.05) is 39.0 Å². The number of hydrogen-bond donors (Lipinski definition) is 1. The Labute approximate surface area is 130 Å². The van der Waals surface area contributed by atoms with Crippen LogP contribution in [0.5, 0.6) is 0 Å². The summed E-state index contributed by atoms with van der Waals surface area (Å²) in [7, 11) is 0. The van der Waals surface area contributed by atoms with Crippen molar-refractivity contribution in [3.8, 4) is 0 Å². The van der Waals surface area contributed by atoms with Crippen LogP contribution < -0.4 is 5.32 Å². The van der Waals surface area contributed by atoms with E-state index < -0.39 is 0 Å². The van der Waals surface area contributed by atoms with Crippen molar-refractivity contribution >= 4 is 0 Å². The lowest BCUT2D eigenvalue weighted by molar-refractivity contribution is 0.0238. The highest BCUT2D eigenvalue weighted by atomic mass is 15.3. The monoisotopic (exact) mass is 288 g/mol. The molecule has 0 aliphatic carbocycles. The molecule has 1 aromatic carbocycles. The zero-order chi connectivity index (χ0) is 15.5. The predicted octanol–water partition coefficient (Wildman–Crippen LogP) is 4.05. The Kier molecular flexibility index (Phi) is 5.45. The summed E-state index contributed by atoms with van der Waals surface area (Å²) in [6.45, 7) is 14.8. The molecule has 2 heteroatoms. The van der Waals surface area contributed by atoms with Gasteiger partial charge in [-0.3, -0.25) is 4.90 Å². The molecule has 21 heavy (non-hydrogen) atoms. The first-order valence-electron chi connectivity index (χ1n) is 8.59. The van der Waals surface area contributed by atoms with Crippen molar-refractivity contribution in [2.75, 3.05) is 13.1 Å². The van der Waals surface area contributed by atoms with Gasteiger partial charge in [-0.25, -0.2) is 0 Å². The largest absolute Gasteiger partial charge is 0.311 e. The van der Waals surface area contributed by atoms with E-state index in [9.17, 15) is 0 Å². The minimum atomic E-state index is 0.324. The Bertz CT molecular complexity index is 463. The van der Waals surface area contributed by atoms with Gasteiger partial charge in [0.15, 0.2) is 0 Å². The molecule has 1 aromatic rings. The summed E-state index contributed by atoms with van der Waals surface area (Å²) >= 11 is 0. The number of rotatable bonds is 5. The topological polar surface area (TPSA) is 15.3 Å². The summed E-state index contributed by atoms with van der Waals surface area (Å²) in [4.78, 5) is 2.74. The molecular weight excluding hydrogens is 256 g/mol. The fourth-order valence-electron chi connectivity index (χ4n) is 3.55. The average molecular weight is 288 g/mol. The second kappa shape index (κ2) is 6.93. The first-order valence-corrected chi connectivity index (χ1v) is 8.59. The van der Waals surface area contributed by atoms with Gasteiger partial charge in [0.2, 0.25) is 0 Å². The third-order valence-electron chi connectivity index (χ3n) is 5.59. The van der Waals surface area contributed by atoms with Crippen LogP contribution in [0.1, 0.15) is 56.7 Å². The van der Waals surface area contributed by atoms with E-state index >= 15 is 0 Å². The Hall–Kier alpha value is -0.860. The fourth-order valence-corrected chi connectivity index (χ4v) is 3.55. The maximum atomic E-state index is 3.76. The molecule has 1 N–H and O–H groups in total. The third-order valence-corrected chi connectivity index (χ3v) is 5.59. The van der Waals surface area contributed by atoms with Gasteiger partial charge < -0.3 is 5.32 Å². The third kappa shape index (κ3) is 3.49. The van der Waals surface area contributed by atoms with Crippen LogP contribution in [0.25, 0.3) is 0 Å².